The summed E-state index contributed by atoms with van der Waals surface area (Å²) in [7, 11) is 3.38. The van der Waals surface area contributed by atoms with Gasteiger partial charge < -0.3 is 53.3 Å². The van der Waals surface area contributed by atoms with Crippen molar-refractivity contribution in [3.8, 4) is 34.5 Å². The Morgan fingerprint density at radius 1 is 1.11 bits per heavy atom. The number of carbonyl (C=O) groups is 3. The minimum atomic E-state index is -1.90. The van der Waals surface area contributed by atoms with Crippen LogP contribution in [0.25, 0.3) is 10.8 Å². The number of carbonyl (C=O) groups excluding carboxylic acids is 3. The molecule has 3 unspecified atom stereocenters. The molecule has 66 heavy (non-hydrogen) atoms. The number of phenolic OH excluding ortho intramolecular Hbond substituents is 1. The van der Waals surface area contributed by atoms with E-state index in [1.807, 2.05) is 43.1 Å². The normalized spacial score (nSPS) is 25.7. The molecule has 4 aromatic rings. The van der Waals surface area contributed by atoms with Gasteiger partial charge in [-0.3, -0.25) is 14.4 Å². The minimum absolute atomic E-state index is 0. The number of pyridine rings is 1. The number of ether oxygens (including phenoxy) is 7. The molecule has 1 amide bonds. The predicted molar refractivity (Wildman–Crippen MR) is 243 cm³/mol. The molecule has 3 aliphatic heterocycles. The Bertz CT molecular complexity index is 2630. The second kappa shape index (κ2) is 21.2. The molecular formula is C50H55KN3O12-. The number of benzene rings is 3. The van der Waals surface area contributed by atoms with Crippen molar-refractivity contribution < 1.29 is 104 Å². The number of aromatic hydroxyl groups is 1. The molecule has 3 aliphatic rings. The van der Waals surface area contributed by atoms with Crippen molar-refractivity contribution in [3.63, 3.8) is 0 Å². The zero-order valence-electron chi connectivity index (χ0n) is 39.1. The molecule has 0 spiro atoms. The van der Waals surface area contributed by atoms with E-state index in [-0.39, 0.29) is 126 Å². The van der Waals surface area contributed by atoms with Gasteiger partial charge in [0.1, 0.15) is 35.8 Å². The fourth-order valence-electron chi connectivity index (χ4n) is 8.56. The molecule has 7 atom stereocenters. The molecule has 4 heterocycles. The average Bonchev–Trinajstić information content (AvgIpc) is 3.52. The number of likely N-dealkylation sites (N-methyl/N-ethyl adjacent to an activating group) is 1. The SMILES string of the molecule is CO[C@H]1/C=C/O[C@@]2(C)Oc3c(C)c4c5c(=O)c(c(Oc6[c-]c(O)cc(OCCN(C)c7ccccn7)c6)[cH-]c5c3C2=O)NC(=O)/C(C)=C\C=C\C(C)C[C@@H](C)CC(O4)C(OC(C)=O)[C@@H]1C.[K+]. The van der Waals surface area contributed by atoms with E-state index in [0.29, 0.717) is 30.5 Å². The molecule has 0 saturated heterocycles. The standard InChI is InChI=1S/C50H55N3O12.K/c1-27-13-12-14-29(3)49(58)52-43-38(63-35-24-33(55)23-34(25-35)60-20-18-53(8)40-15-10-11-17-51-40)26-36-41(44(43)56)46-31(5)47-42(36)48(57)50(7,65-47)61-19-16-37(59-9)30(4)45(62-32(6)54)39(64-46)22-28(2)21-27;/h10-17,19,23,25-28,30,37,39,45,55H,18,20-22H2,1-9H3,(H,52,58);/q-2;+1/b13-12+,19-16+,29-14-;/t27?,28-,30-,37+,39?,45?,50+;/m1./s1. The number of nitrogens with one attached hydrogen (secondary N) is 1. The molecule has 7 rings (SSSR count). The van der Waals surface area contributed by atoms with Crippen molar-refractivity contribution in [2.75, 3.05) is 37.5 Å². The summed E-state index contributed by atoms with van der Waals surface area (Å²) in [5, 5.41) is 13.6. The second-order valence-electron chi connectivity index (χ2n) is 17.1. The molecule has 15 nitrogen and oxygen atoms in total. The van der Waals surface area contributed by atoms with E-state index in [1.54, 1.807) is 38.3 Å². The van der Waals surface area contributed by atoms with Gasteiger partial charge in [0.15, 0.2) is 0 Å². The van der Waals surface area contributed by atoms with Crippen LogP contribution in [0.4, 0.5) is 11.5 Å². The van der Waals surface area contributed by atoms with E-state index in [9.17, 15) is 19.5 Å². The molecule has 0 fully saturated rings. The summed E-state index contributed by atoms with van der Waals surface area (Å²) in [5.74, 6) is -3.59. The van der Waals surface area contributed by atoms with E-state index in [2.05, 4.69) is 30.2 Å². The van der Waals surface area contributed by atoms with Gasteiger partial charge in [-0.15, -0.1) is 5.39 Å². The van der Waals surface area contributed by atoms with E-state index in [0.717, 1.165) is 5.82 Å². The molecular weight excluding hydrogens is 874 g/mol. The van der Waals surface area contributed by atoms with Gasteiger partial charge in [-0.2, -0.15) is 0 Å². The fraction of sp³-hybridized carbons (Fsp3) is 0.400. The van der Waals surface area contributed by atoms with E-state index in [1.165, 1.54) is 45.4 Å². The topological polar surface area (TPSA) is 181 Å². The summed E-state index contributed by atoms with van der Waals surface area (Å²) in [6, 6.07) is 12.6. The number of Topliss-reactive ketones (excluding diaryl/α,β-unsaturated/α-hetero) is 1. The molecule has 6 bridgehead atoms. The quantitative estimate of drug-likeness (QED) is 0.128. The minimum Gasteiger partial charge on any atom is -0.534 e. The van der Waals surface area contributed by atoms with E-state index >= 15 is 4.79 Å². The van der Waals surface area contributed by atoms with Gasteiger partial charge in [0.05, 0.1) is 30.4 Å². The van der Waals surface area contributed by atoms with Crippen molar-refractivity contribution in [1.29, 1.82) is 0 Å². The van der Waals surface area contributed by atoms with E-state index in [4.69, 9.17) is 33.2 Å². The number of phenols is 1. The molecule has 16 heteroatoms. The molecule has 0 aliphatic carbocycles. The first-order valence-corrected chi connectivity index (χ1v) is 21.6. The number of nitrogens with zero attached hydrogens (tertiary/aromatic N) is 2. The smallest absolute Gasteiger partial charge is 0.534 e. The first-order chi connectivity index (χ1) is 31.0. The largest absolute Gasteiger partial charge is 1.00 e. The van der Waals surface area contributed by atoms with Gasteiger partial charge in [0.2, 0.25) is 11.7 Å². The number of allylic oxidation sites excluding steroid dienone is 3. The number of hydrogen-bond donors (Lipinski definition) is 2. The number of anilines is 2. The summed E-state index contributed by atoms with van der Waals surface area (Å²) in [6.07, 6.45) is 8.70. The molecule has 1 aromatic heterocycles. The van der Waals surface area contributed by atoms with Gasteiger partial charge >= 0.3 is 63.1 Å². The molecule has 3 aromatic carbocycles. The van der Waals surface area contributed by atoms with Crippen molar-refractivity contribution in [2.45, 2.75) is 85.4 Å². The summed E-state index contributed by atoms with van der Waals surface area (Å²) in [5.41, 5.74) is -0.427. The summed E-state index contributed by atoms with van der Waals surface area (Å²) < 4.78 is 43.9. The Morgan fingerprint density at radius 2 is 1.88 bits per heavy atom. The molecule has 0 saturated carbocycles. The first kappa shape index (κ1) is 50.3. The molecule has 0 radical (unpaired) electrons. The molecule has 2 N–H and O–H groups in total. The van der Waals surface area contributed by atoms with Gasteiger partial charge in [-0.1, -0.05) is 69.3 Å². The van der Waals surface area contributed by atoms with Crippen LogP contribution in [0.5, 0.6) is 34.5 Å². The maximum Gasteiger partial charge on any atom is 1.00 e. The van der Waals surface area contributed by atoms with Crippen molar-refractivity contribution in [3.05, 3.63) is 106 Å². The van der Waals surface area contributed by atoms with Crippen molar-refractivity contribution >= 4 is 39.9 Å². The van der Waals surface area contributed by atoms with Crippen molar-refractivity contribution in [2.24, 2.45) is 17.8 Å². The maximum atomic E-state index is 15.4. The Hall–Kier alpha value is -5.10. The summed E-state index contributed by atoms with van der Waals surface area (Å²) in [4.78, 5) is 63.2. The van der Waals surface area contributed by atoms with Gasteiger partial charge in [0, 0.05) is 74.2 Å². The van der Waals surface area contributed by atoms with Crippen LogP contribution in [0.1, 0.15) is 70.3 Å². The zero-order chi connectivity index (χ0) is 46.7. The maximum absolute atomic E-state index is 15.4. The van der Waals surface area contributed by atoms with Crippen LogP contribution in [0.2, 0.25) is 0 Å². The van der Waals surface area contributed by atoms with Crippen LogP contribution in [-0.2, 0) is 23.8 Å². The number of ketones is 1. The Balaban J connectivity index is 0.00000720. The number of methoxy groups -OCH3 is 1. The van der Waals surface area contributed by atoms with Gasteiger partial charge in [-0.25, -0.2) is 4.98 Å². The third kappa shape index (κ3) is 10.8. The van der Waals surface area contributed by atoms with E-state index < -0.39 is 53.1 Å². The number of rotatable bonds is 9. The fourth-order valence-corrected chi connectivity index (χ4v) is 8.56. The van der Waals surface area contributed by atoms with Gasteiger partial charge in [-0.05, 0) is 67.7 Å². The number of hydrogen-bond acceptors (Lipinski definition) is 14. The molecule has 344 valence electrons. The number of amides is 1. The number of esters is 1. The van der Waals surface area contributed by atoms with Crippen LogP contribution >= 0.6 is 0 Å². The Morgan fingerprint density at radius 3 is 2.59 bits per heavy atom. The second-order valence-corrected chi connectivity index (χ2v) is 17.1. The summed E-state index contributed by atoms with van der Waals surface area (Å²) >= 11 is 0. The van der Waals surface area contributed by atoms with Crippen LogP contribution in [0, 0.1) is 30.7 Å². The van der Waals surface area contributed by atoms with Gasteiger partial charge in [0.25, 0.3) is 0 Å². The number of aromatic nitrogens is 1. The summed E-state index contributed by atoms with van der Waals surface area (Å²) in [6.45, 7) is 12.7. The van der Waals surface area contributed by atoms with Crippen LogP contribution in [0.15, 0.2) is 83.5 Å². The Labute approximate surface area is 426 Å². The van der Waals surface area contributed by atoms with Crippen molar-refractivity contribution in [1.82, 2.24) is 4.98 Å². The van der Waals surface area contributed by atoms with Crippen LogP contribution in [0.3, 0.4) is 0 Å². The predicted octanol–water partition coefficient (Wildman–Crippen LogP) is 5.11. The van der Waals surface area contributed by atoms with Crippen LogP contribution < -0.4 is 86.0 Å². The monoisotopic (exact) mass is 928 g/mol. The third-order valence-electron chi connectivity index (χ3n) is 11.9. The average molecular weight is 929 g/mol. The zero-order valence-corrected chi connectivity index (χ0v) is 42.2. The number of fused-ring (bicyclic) bond motifs is 4. The first-order valence-electron chi connectivity index (χ1n) is 21.6. The third-order valence-corrected chi connectivity index (χ3v) is 11.9. The van der Waals surface area contributed by atoms with Crippen LogP contribution in [-0.4, -0.2) is 79.2 Å². The Kier molecular flexibility index (Phi) is 16.2.